The number of amides is 1. The molecule has 0 radical (unpaired) electrons. The first-order valence-electron chi connectivity index (χ1n) is 4.58. The van der Waals surface area contributed by atoms with Gasteiger partial charge in [-0.05, 0) is 24.4 Å². The Morgan fingerprint density at radius 2 is 2.29 bits per heavy atom. The van der Waals surface area contributed by atoms with Crippen LogP contribution in [0.15, 0.2) is 5.38 Å². The van der Waals surface area contributed by atoms with Gasteiger partial charge in [-0.2, -0.15) is 0 Å². The Labute approximate surface area is 85.9 Å². The van der Waals surface area contributed by atoms with E-state index in [0.717, 1.165) is 25.7 Å². The summed E-state index contributed by atoms with van der Waals surface area (Å²) in [6.45, 7) is 0. The van der Waals surface area contributed by atoms with Gasteiger partial charge in [-0.3, -0.25) is 4.79 Å². The van der Waals surface area contributed by atoms with Crippen molar-refractivity contribution in [3.05, 3.63) is 5.38 Å². The fourth-order valence-corrected chi connectivity index (χ4v) is 2.08. The molecule has 3 N–H and O–H groups in total. The molecule has 0 spiro atoms. The number of nitrogens with one attached hydrogen (secondary N) is 1. The average Bonchev–Trinajstić information content (AvgIpc) is 2.76. The van der Waals surface area contributed by atoms with Crippen molar-refractivity contribution in [3.63, 3.8) is 0 Å². The Hall–Kier alpha value is -1.01. The van der Waals surface area contributed by atoms with Crippen molar-refractivity contribution in [2.75, 3.05) is 5.32 Å². The quantitative estimate of drug-likeness (QED) is 0.758. The Kier molecular flexibility index (Phi) is 2.47. The number of carbonyl (C=O) groups is 1. The molecule has 1 saturated carbocycles. The first-order chi connectivity index (χ1) is 6.71. The van der Waals surface area contributed by atoms with Gasteiger partial charge in [0.1, 0.15) is 0 Å². The van der Waals surface area contributed by atoms with Crippen LogP contribution in [0.3, 0.4) is 0 Å². The molecule has 0 aliphatic heterocycles. The molecular weight excluding hydrogens is 200 g/mol. The smallest absolute Gasteiger partial charge is 0.245 e. The summed E-state index contributed by atoms with van der Waals surface area (Å²) in [6, 6.07) is 0. The summed E-state index contributed by atoms with van der Waals surface area (Å²) in [5, 5.41) is 8.11. The van der Waals surface area contributed by atoms with Crippen LogP contribution >= 0.6 is 11.5 Å². The second kappa shape index (κ2) is 3.62. The number of rotatable bonds is 2. The fraction of sp³-hybridized carbons (Fsp3) is 0.625. The van der Waals surface area contributed by atoms with E-state index < -0.39 is 5.54 Å². The molecule has 1 aliphatic carbocycles. The van der Waals surface area contributed by atoms with Gasteiger partial charge in [0.2, 0.25) is 5.91 Å². The lowest BCUT2D eigenvalue weighted by atomic mass is 9.98. The van der Waals surface area contributed by atoms with E-state index >= 15 is 0 Å². The normalized spacial score (nSPS) is 19.5. The molecule has 0 aromatic carbocycles. The minimum atomic E-state index is -0.691. The van der Waals surface area contributed by atoms with Crippen LogP contribution in [0.5, 0.6) is 0 Å². The molecule has 0 saturated heterocycles. The summed E-state index contributed by atoms with van der Waals surface area (Å²) in [5.41, 5.74) is 5.27. The largest absolute Gasteiger partial charge is 0.317 e. The SMILES string of the molecule is NC1(C(=O)Nc2csnn2)CCCC1. The van der Waals surface area contributed by atoms with E-state index in [1.165, 1.54) is 11.5 Å². The van der Waals surface area contributed by atoms with Crippen molar-refractivity contribution in [2.24, 2.45) is 5.73 Å². The molecule has 1 aromatic heterocycles. The molecule has 0 bridgehead atoms. The molecule has 0 unspecified atom stereocenters. The number of hydrogen-bond acceptors (Lipinski definition) is 5. The molecule has 1 fully saturated rings. The molecule has 76 valence electrons. The topological polar surface area (TPSA) is 80.9 Å². The number of carbonyl (C=O) groups excluding carboxylic acids is 1. The molecule has 1 aromatic rings. The lowest BCUT2D eigenvalue weighted by Gasteiger charge is -2.21. The third-order valence-electron chi connectivity index (χ3n) is 2.55. The predicted molar refractivity (Wildman–Crippen MR) is 53.9 cm³/mol. The van der Waals surface area contributed by atoms with E-state index in [1.807, 2.05) is 0 Å². The lowest BCUT2D eigenvalue weighted by Crippen LogP contribution is -2.48. The van der Waals surface area contributed by atoms with Crippen molar-refractivity contribution in [1.82, 2.24) is 9.59 Å². The van der Waals surface area contributed by atoms with Crippen LogP contribution in [0.4, 0.5) is 5.82 Å². The molecule has 1 heterocycles. The molecule has 1 amide bonds. The maximum Gasteiger partial charge on any atom is 0.245 e. The van der Waals surface area contributed by atoms with E-state index in [9.17, 15) is 4.79 Å². The molecular formula is C8H12N4OS. The molecule has 1 aliphatic rings. The first kappa shape index (κ1) is 9.54. The van der Waals surface area contributed by atoms with Crippen molar-refractivity contribution in [2.45, 2.75) is 31.2 Å². The van der Waals surface area contributed by atoms with Crippen LogP contribution < -0.4 is 11.1 Å². The highest BCUT2D eigenvalue weighted by Gasteiger charge is 2.37. The summed E-state index contributed by atoms with van der Waals surface area (Å²) in [5.74, 6) is 0.361. The molecule has 0 atom stereocenters. The van der Waals surface area contributed by atoms with E-state index in [1.54, 1.807) is 5.38 Å². The summed E-state index contributed by atoms with van der Waals surface area (Å²) < 4.78 is 3.66. The van der Waals surface area contributed by atoms with Crippen molar-refractivity contribution in [3.8, 4) is 0 Å². The number of aromatic nitrogens is 2. The third-order valence-corrected chi connectivity index (χ3v) is 3.05. The Balaban J connectivity index is 2.02. The highest BCUT2D eigenvalue weighted by atomic mass is 32.1. The van der Waals surface area contributed by atoms with Gasteiger partial charge in [0, 0.05) is 0 Å². The van der Waals surface area contributed by atoms with Gasteiger partial charge < -0.3 is 11.1 Å². The third kappa shape index (κ3) is 1.76. The maximum absolute atomic E-state index is 11.7. The van der Waals surface area contributed by atoms with E-state index in [0.29, 0.717) is 5.82 Å². The zero-order chi connectivity index (χ0) is 10.0. The van der Waals surface area contributed by atoms with Crippen LogP contribution in [0.1, 0.15) is 25.7 Å². The van der Waals surface area contributed by atoms with E-state index in [4.69, 9.17) is 5.73 Å². The molecule has 14 heavy (non-hydrogen) atoms. The number of nitrogens with two attached hydrogens (primary N) is 1. The van der Waals surface area contributed by atoms with Gasteiger partial charge in [-0.1, -0.05) is 17.3 Å². The van der Waals surface area contributed by atoms with Gasteiger partial charge in [-0.25, -0.2) is 0 Å². The van der Waals surface area contributed by atoms with Crippen molar-refractivity contribution < 1.29 is 4.79 Å². The molecule has 5 nitrogen and oxygen atoms in total. The lowest BCUT2D eigenvalue weighted by molar-refractivity contribution is -0.121. The zero-order valence-electron chi connectivity index (χ0n) is 7.69. The zero-order valence-corrected chi connectivity index (χ0v) is 8.51. The minimum Gasteiger partial charge on any atom is -0.317 e. The number of hydrogen-bond donors (Lipinski definition) is 2. The molecule has 6 heteroatoms. The second-order valence-corrected chi connectivity index (χ2v) is 4.22. The number of anilines is 1. The number of nitrogens with zero attached hydrogens (tertiary/aromatic N) is 2. The van der Waals surface area contributed by atoms with Crippen LogP contribution in [0.25, 0.3) is 0 Å². The average molecular weight is 212 g/mol. The highest BCUT2D eigenvalue weighted by Crippen LogP contribution is 2.28. The Morgan fingerprint density at radius 1 is 1.57 bits per heavy atom. The van der Waals surface area contributed by atoms with Gasteiger partial charge in [0.25, 0.3) is 0 Å². The first-order valence-corrected chi connectivity index (χ1v) is 5.42. The fourth-order valence-electron chi connectivity index (χ4n) is 1.69. The van der Waals surface area contributed by atoms with E-state index in [2.05, 4.69) is 14.9 Å². The van der Waals surface area contributed by atoms with Gasteiger partial charge in [-0.15, -0.1) is 5.10 Å². The van der Waals surface area contributed by atoms with E-state index in [-0.39, 0.29) is 5.91 Å². The minimum absolute atomic E-state index is 0.136. The van der Waals surface area contributed by atoms with Gasteiger partial charge in [0.15, 0.2) is 5.82 Å². The van der Waals surface area contributed by atoms with Gasteiger partial charge >= 0.3 is 0 Å². The van der Waals surface area contributed by atoms with Crippen LogP contribution in [-0.4, -0.2) is 21.0 Å². The van der Waals surface area contributed by atoms with Crippen LogP contribution in [0.2, 0.25) is 0 Å². The standard InChI is InChI=1S/C8H12N4OS/c9-8(3-1-2-4-8)7(13)10-6-5-14-12-11-6/h5H,1-4,9H2,(H,10,13). The highest BCUT2D eigenvalue weighted by molar-refractivity contribution is 7.03. The summed E-state index contributed by atoms with van der Waals surface area (Å²) in [6.07, 6.45) is 3.57. The summed E-state index contributed by atoms with van der Waals surface area (Å²) in [4.78, 5) is 11.7. The monoisotopic (exact) mass is 212 g/mol. The van der Waals surface area contributed by atoms with Gasteiger partial charge in [0.05, 0.1) is 10.9 Å². The van der Waals surface area contributed by atoms with Crippen molar-refractivity contribution in [1.29, 1.82) is 0 Å². The Morgan fingerprint density at radius 3 is 2.86 bits per heavy atom. The van der Waals surface area contributed by atoms with Crippen LogP contribution in [0, 0.1) is 0 Å². The predicted octanol–water partition coefficient (Wildman–Crippen LogP) is 0.748. The maximum atomic E-state index is 11.7. The summed E-state index contributed by atoms with van der Waals surface area (Å²) >= 11 is 1.21. The summed E-state index contributed by atoms with van der Waals surface area (Å²) in [7, 11) is 0. The Bertz CT molecular complexity index is 318. The van der Waals surface area contributed by atoms with Crippen molar-refractivity contribution >= 4 is 23.3 Å². The van der Waals surface area contributed by atoms with Crippen LogP contribution in [-0.2, 0) is 4.79 Å². The molecule has 2 rings (SSSR count). The second-order valence-electron chi connectivity index (χ2n) is 3.61.